The van der Waals surface area contributed by atoms with Crippen LogP contribution in [0, 0.1) is 0 Å². The average molecular weight is 1030 g/mol. The Kier molecular flexibility index (Phi) is 21.2. The number of aryl methyl sites for hydroxylation is 2. The topological polar surface area (TPSA) is 206 Å². The molecule has 6 N–H and O–H groups in total. The highest BCUT2D eigenvalue weighted by molar-refractivity contribution is 5.94. The zero-order valence-electron chi connectivity index (χ0n) is 45.0. The van der Waals surface area contributed by atoms with Crippen LogP contribution in [0.5, 0.6) is 0 Å². The van der Waals surface area contributed by atoms with E-state index in [9.17, 15) is 28.8 Å². The SMILES string of the molecule is CC[C@H](NC(=O)[C@H](C)NC)C(=O)N1C[C@@H](OCCCN2CCN(CCCO[C@H]3C[C@@H](C(=O)N[C@@H]4CCCc5ccccc54)N(C(=O)[C@H](CC)NC(=O)[C@H](C)NC)C3)CC2)C[C@H]1C(=O)N[C@@H]1CCCc2ccccc21. The standard InChI is InChI=1S/C56H86N10O8/c1-7-45(59-51(67)37(3)57-5)55(71)65-35-41(33-49(65)53(69)61-47-23-13-19-39-17-9-11-21-43(39)47)73-31-15-25-63-27-29-64(30-28-63)26-16-32-74-42-34-50(54(70)62-48-24-14-20-40-18-10-12-22-44(40)48)66(36-42)56(72)46(8-2)60-52(68)38(4)58-6/h9-12,17-18,21-22,37-38,41-42,45-50,57-58H,7-8,13-16,19-20,23-36H2,1-6H3,(H,59,67)(H,60,68)(H,61,69)(H,62,70)/t37-,38-,41-,42-,45-,46-,47+,48+,49-,50-/m0/s1. The van der Waals surface area contributed by atoms with E-state index < -0.39 is 36.3 Å². The third kappa shape index (κ3) is 14.7. The Morgan fingerprint density at radius 3 is 1.36 bits per heavy atom. The summed E-state index contributed by atoms with van der Waals surface area (Å²) in [5, 5.41) is 18.2. The van der Waals surface area contributed by atoms with Crippen LogP contribution in [0.15, 0.2) is 48.5 Å². The molecule has 3 saturated heterocycles. The molecule has 3 fully saturated rings. The van der Waals surface area contributed by atoms with Crippen LogP contribution >= 0.6 is 0 Å². The summed E-state index contributed by atoms with van der Waals surface area (Å²) < 4.78 is 12.9. The smallest absolute Gasteiger partial charge is 0.245 e. The highest BCUT2D eigenvalue weighted by Crippen LogP contribution is 2.33. The summed E-state index contributed by atoms with van der Waals surface area (Å²) in [5.41, 5.74) is 4.77. The number of fused-ring (bicyclic) bond motifs is 2. The Balaban J connectivity index is 0.854. The second kappa shape index (κ2) is 27.7. The molecule has 0 unspecified atom stereocenters. The van der Waals surface area contributed by atoms with Crippen LogP contribution in [0.3, 0.4) is 0 Å². The lowest BCUT2D eigenvalue weighted by Crippen LogP contribution is -2.55. The molecule has 0 spiro atoms. The lowest BCUT2D eigenvalue weighted by molar-refractivity contribution is -0.142. The highest BCUT2D eigenvalue weighted by atomic mass is 16.5. The summed E-state index contributed by atoms with van der Waals surface area (Å²) in [7, 11) is 3.40. The largest absolute Gasteiger partial charge is 0.376 e. The number of rotatable bonds is 24. The van der Waals surface area contributed by atoms with Crippen molar-refractivity contribution in [2.45, 2.75) is 165 Å². The van der Waals surface area contributed by atoms with E-state index in [1.807, 2.05) is 38.1 Å². The number of amides is 6. The molecule has 2 aromatic rings. The van der Waals surface area contributed by atoms with E-state index in [2.05, 4.69) is 66.0 Å². The van der Waals surface area contributed by atoms with Gasteiger partial charge in [-0.1, -0.05) is 62.4 Å². The van der Waals surface area contributed by atoms with E-state index in [1.165, 1.54) is 11.1 Å². The first-order valence-electron chi connectivity index (χ1n) is 27.8. The van der Waals surface area contributed by atoms with Crippen molar-refractivity contribution < 1.29 is 38.2 Å². The van der Waals surface area contributed by atoms with Gasteiger partial charge in [-0.25, -0.2) is 0 Å². The Labute approximate surface area is 439 Å². The van der Waals surface area contributed by atoms with Gasteiger partial charge in [-0.05, 0) is 114 Å². The molecule has 0 bridgehead atoms. The molecule has 18 nitrogen and oxygen atoms in total. The van der Waals surface area contributed by atoms with Crippen molar-refractivity contribution >= 4 is 35.4 Å². The normalized spacial score (nSPS) is 24.7. The van der Waals surface area contributed by atoms with Crippen LogP contribution < -0.4 is 31.9 Å². The summed E-state index contributed by atoms with van der Waals surface area (Å²) in [6.07, 6.45) is 8.21. The molecule has 2 aromatic carbocycles. The maximum atomic E-state index is 14.1. The number of carbonyl (C=O) groups is 6. The summed E-state index contributed by atoms with van der Waals surface area (Å²) >= 11 is 0. The van der Waals surface area contributed by atoms with Gasteiger partial charge < -0.3 is 61.0 Å². The Morgan fingerprint density at radius 2 is 0.986 bits per heavy atom. The van der Waals surface area contributed by atoms with Gasteiger partial charge in [0, 0.05) is 78.4 Å². The van der Waals surface area contributed by atoms with E-state index in [1.54, 1.807) is 37.7 Å². The molecule has 18 heteroatoms. The fourth-order valence-corrected chi connectivity index (χ4v) is 11.4. The van der Waals surface area contributed by atoms with Crippen LogP contribution in [-0.2, 0) is 51.1 Å². The van der Waals surface area contributed by atoms with Gasteiger partial charge in [0.1, 0.15) is 24.2 Å². The first-order chi connectivity index (χ1) is 35.8. The molecule has 3 aliphatic heterocycles. The molecule has 7 rings (SSSR count). The number of hydrogen-bond donors (Lipinski definition) is 6. The highest BCUT2D eigenvalue weighted by Gasteiger charge is 2.45. The maximum Gasteiger partial charge on any atom is 0.245 e. The third-order valence-corrected chi connectivity index (χ3v) is 16.2. The molecule has 408 valence electrons. The number of nitrogens with zero attached hydrogens (tertiary/aromatic N) is 4. The van der Waals surface area contributed by atoms with Crippen LogP contribution in [0.2, 0.25) is 0 Å². The second-order valence-corrected chi connectivity index (χ2v) is 21.1. The van der Waals surface area contributed by atoms with E-state index in [4.69, 9.17) is 9.47 Å². The van der Waals surface area contributed by atoms with Gasteiger partial charge in [-0.3, -0.25) is 28.8 Å². The van der Waals surface area contributed by atoms with Crippen molar-refractivity contribution in [1.82, 2.24) is 51.5 Å². The van der Waals surface area contributed by atoms with Crippen LogP contribution in [0.4, 0.5) is 0 Å². The minimum Gasteiger partial charge on any atom is -0.376 e. The number of hydrogen-bond acceptors (Lipinski definition) is 12. The average Bonchev–Trinajstić information content (AvgIpc) is 4.07. The van der Waals surface area contributed by atoms with Crippen LogP contribution in [-0.4, -0.2) is 183 Å². The fourth-order valence-electron chi connectivity index (χ4n) is 11.4. The van der Waals surface area contributed by atoms with Gasteiger partial charge in [0.2, 0.25) is 35.4 Å². The summed E-state index contributed by atoms with van der Waals surface area (Å²) in [4.78, 5) is 90.3. The van der Waals surface area contributed by atoms with Crippen molar-refractivity contribution in [2.75, 3.05) is 79.7 Å². The summed E-state index contributed by atoms with van der Waals surface area (Å²) in [6, 6.07) is 12.4. The number of piperazine rings is 1. The molecule has 0 aromatic heterocycles. The van der Waals surface area contributed by atoms with Crippen molar-refractivity contribution in [3.8, 4) is 0 Å². The second-order valence-electron chi connectivity index (χ2n) is 21.1. The monoisotopic (exact) mass is 1030 g/mol. The first kappa shape index (κ1) is 56.7. The van der Waals surface area contributed by atoms with E-state index in [-0.39, 0.29) is 72.8 Å². The lowest BCUT2D eigenvalue weighted by Gasteiger charge is -2.34. The third-order valence-electron chi connectivity index (χ3n) is 16.2. The van der Waals surface area contributed by atoms with Gasteiger partial charge in [-0.15, -0.1) is 0 Å². The zero-order chi connectivity index (χ0) is 52.7. The summed E-state index contributed by atoms with van der Waals surface area (Å²) in [5.74, 6) is -1.42. The lowest BCUT2D eigenvalue weighted by atomic mass is 9.87. The molecule has 0 saturated carbocycles. The van der Waals surface area contributed by atoms with Crippen LogP contribution in [0.25, 0.3) is 0 Å². The van der Waals surface area contributed by atoms with Gasteiger partial charge in [0.25, 0.3) is 0 Å². The minimum absolute atomic E-state index is 0.118. The van der Waals surface area contributed by atoms with Crippen molar-refractivity contribution in [3.05, 3.63) is 70.8 Å². The van der Waals surface area contributed by atoms with Crippen molar-refractivity contribution in [1.29, 1.82) is 0 Å². The maximum absolute atomic E-state index is 14.1. The predicted molar refractivity (Wildman–Crippen MR) is 284 cm³/mol. The number of likely N-dealkylation sites (N-methyl/N-ethyl adjacent to an activating group) is 2. The van der Waals surface area contributed by atoms with E-state index in [0.29, 0.717) is 38.9 Å². The molecule has 2 aliphatic carbocycles. The Morgan fingerprint density at radius 1 is 0.595 bits per heavy atom. The zero-order valence-corrected chi connectivity index (χ0v) is 45.0. The number of benzene rings is 2. The number of ether oxygens (including phenoxy) is 2. The molecule has 0 radical (unpaired) electrons. The van der Waals surface area contributed by atoms with E-state index >= 15 is 0 Å². The Hall–Kier alpha value is -4.98. The molecule has 3 heterocycles. The van der Waals surface area contributed by atoms with Gasteiger partial charge in [0.05, 0.1) is 36.4 Å². The number of likely N-dealkylation sites (tertiary alicyclic amines) is 2. The van der Waals surface area contributed by atoms with Crippen molar-refractivity contribution in [2.24, 2.45) is 0 Å². The minimum atomic E-state index is -0.754. The molecule has 10 atom stereocenters. The van der Waals surface area contributed by atoms with E-state index in [0.717, 1.165) is 102 Å². The fraction of sp³-hybridized carbons (Fsp3) is 0.679. The summed E-state index contributed by atoms with van der Waals surface area (Å²) in [6.45, 7) is 14.3. The van der Waals surface area contributed by atoms with Gasteiger partial charge in [-0.2, -0.15) is 0 Å². The molecule has 74 heavy (non-hydrogen) atoms. The molecular formula is C56H86N10O8. The quantitative estimate of drug-likeness (QED) is 0.0841. The van der Waals surface area contributed by atoms with Crippen molar-refractivity contribution in [3.63, 3.8) is 0 Å². The Bertz CT molecular complexity index is 2060. The van der Waals surface area contributed by atoms with Crippen LogP contribution in [0.1, 0.15) is 126 Å². The number of carbonyl (C=O) groups excluding carboxylic acids is 6. The van der Waals surface area contributed by atoms with Gasteiger partial charge in [0.15, 0.2) is 0 Å². The van der Waals surface area contributed by atoms with Gasteiger partial charge >= 0.3 is 0 Å². The molecular weight excluding hydrogens is 941 g/mol. The molecule has 6 amide bonds. The first-order valence-corrected chi connectivity index (χ1v) is 27.8. The predicted octanol–water partition coefficient (Wildman–Crippen LogP) is 2.75. The molecule has 5 aliphatic rings. The number of nitrogens with one attached hydrogen (secondary N) is 6.